The minimum atomic E-state index is -0.963. The van der Waals surface area contributed by atoms with Gasteiger partial charge in [0.05, 0.1) is 11.1 Å². The van der Waals surface area contributed by atoms with Crippen LogP contribution in [-0.2, 0) is 14.4 Å². The Hall–Kier alpha value is -3.03. The molecule has 2 fully saturated rings. The average Bonchev–Trinajstić information content (AvgIpc) is 3.20. The van der Waals surface area contributed by atoms with Gasteiger partial charge < -0.3 is 9.69 Å². The lowest BCUT2D eigenvalue weighted by Crippen LogP contribution is -2.54. The van der Waals surface area contributed by atoms with Crippen LogP contribution in [0.3, 0.4) is 0 Å². The Bertz CT molecular complexity index is 855. The van der Waals surface area contributed by atoms with Crippen molar-refractivity contribution in [3.05, 3.63) is 29.3 Å². The van der Waals surface area contributed by atoms with Gasteiger partial charge in [-0.1, -0.05) is 0 Å². The molecular weight excluding hydrogens is 338 g/mol. The minimum Gasteiger partial charge on any atom is -0.371 e. The molecule has 0 spiro atoms. The fourth-order valence-corrected chi connectivity index (χ4v) is 3.79. The molecule has 8 nitrogen and oxygen atoms in total. The van der Waals surface area contributed by atoms with E-state index in [2.05, 4.69) is 5.32 Å². The Kier molecular flexibility index (Phi) is 3.82. The molecule has 26 heavy (non-hydrogen) atoms. The van der Waals surface area contributed by atoms with E-state index in [1.54, 1.807) is 18.2 Å². The van der Waals surface area contributed by atoms with Gasteiger partial charge in [0.15, 0.2) is 0 Å². The molecule has 136 valence electrons. The quantitative estimate of drug-likeness (QED) is 0.619. The van der Waals surface area contributed by atoms with Crippen molar-refractivity contribution in [3.63, 3.8) is 0 Å². The Labute approximate surface area is 150 Å². The molecule has 0 saturated carbocycles. The predicted octanol–water partition coefficient (Wildman–Crippen LogP) is 0.359. The van der Waals surface area contributed by atoms with Crippen LogP contribution in [0.25, 0.3) is 0 Å². The van der Waals surface area contributed by atoms with E-state index in [-0.39, 0.29) is 31.3 Å². The number of amides is 4. The Morgan fingerprint density at radius 3 is 2.54 bits per heavy atom. The predicted molar refractivity (Wildman–Crippen MR) is 91.6 cm³/mol. The van der Waals surface area contributed by atoms with Crippen LogP contribution in [0.4, 0.5) is 5.69 Å². The van der Waals surface area contributed by atoms with Gasteiger partial charge in [0.2, 0.25) is 11.8 Å². The maximum Gasteiger partial charge on any atom is 0.262 e. The lowest BCUT2D eigenvalue weighted by atomic mass is 10.0. The summed E-state index contributed by atoms with van der Waals surface area (Å²) in [5.41, 5.74) is 1.29. The number of anilines is 1. The van der Waals surface area contributed by atoms with Crippen molar-refractivity contribution in [1.29, 1.82) is 0 Å². The highest BCUT2D eigenvalue weighted by molar-refractivity contribution is 6.23. The van der Waals surface area contributed by atoms with Gasteiger partial charge in [0.1, 0.15) is 12.3 Å². The van der Waals surface area contributed by atoms with Gasteiger partial charge in [-0.2, -0.15) is 0 Å². The van der Waals surface area contributed by atoms with Gasteiger partial charge in [0, 0.05) is 32.5 Å². The highest BCUT2D eigenvalue weighted by Crippen LogP contribution is 2.32. The molecule has 1 aromatic carbocycles. The molecule has 0 radical (unpaired) electrons. The second-order valence-corrected chi connectivity index (χ2v) is 6.81. The zero-order valence-electron chi connectivity index (χ0n) is 13.9. The topological polar surface area (TPSA) is 104 Å². The van der Waals surface area contributed by atoms with Crippen LogP contribution in [0.2, 0.25) is 0 Å². The van der Waals surface area contributed by atoms with Crippen LogP contribution >= 0.6 is 0 Å². The Morgan fingerprint density at radius 1 is 1.08 bits per heavy atom. The van der Waals surface area contributed by atoms with E-state index >= 15 is 0 Å². The third-order valence-electron chi connectivity index (χ3n) is 5.21. The molecule has 1 N–H and O–H groups in total. The van der Waals surface area contributed by atoms with Crippen molar-refractivity contribution >= 4 is 35.6 Å². The summed E-state index contributed by atoms with van der Waals surface area (Å²) in [5.74, 6) is -2.08. The lowest BCUT2D eigenvalue weighted by molar-refractivity contribution is -0.136. The van der Waals surface area contributed by atoms with Crippen molar-refractivity contribution in [2.24, 2.45) is 5.92 Å². The van der Waals surface area contributed by atoms with Gasteiger partial charge in [-0.25, -0.2) is 0 Å². The average molecular weight is 357 g/mol. The Balaban J connectivity index is 0.00000210. The number of aldehydes is 1. The number of hydrogen-bond acceptors (Lipinski definition) is 6. The molecular formula is C18H19N3O5. The van der Waals surface area contributed by atoms with Gasteiger partial charge in [-0.3, -0.25) is 29.4 Å². The van der Waals surface area contributed by atoms with E-state index in [4.69, 9.17) is 0 Å². The highest BCUT2D eigenvalue weighted by Gasteiger charge is 2.44. The van der Waals surface area contributed by atoms with Crippen molar-refractivity contribution in [3.8, 4) is 0 Å². The smallest absolute Gasteiger partial charge is 0.262 e. The molecule has 4 rings (SSSR count). The first-order valence-corrected chi connectivity index (χ1v) is 8.55. The monoisotopic (exact) mass is 357 g/mol. The molecule has 4 amide bonds. The van der Waals surface area contributed by atoms with E-state index in [0.717, 1.165) is 23.3 Å². The molecule has 3 aliphatic rings. The number of imide groups is 2. The molecule has 3 aliphatic heterocycles. The first kappa shape index (κ1) is 16.4. The molecule has 3 heterocycles. The van der Waals surface area contributed by atoms with E-state index < -0.39 is 29.7 Å². The van der Waals surface area contributed by atoms with Crippen LogP contribution in [0.1, 0.15) is 41.4 Å². The number of piperidine rings is 1. The summed E-state index contributed by atoms with van der Waals surface area (Å²) in [7, 11) is 0. The summed E-state index contributed by atoms with van der Waals surface area (Å²) in [6, 6.07) is 4.03. The van der Waals surface area contributed by atoms with Gasteiger partial charge in [-0.05, 0) is 31.0 Å². The second-order valence-electron chi connectivity index (χ2n) is 6.81. The van der Waals surface area contributed by atoms with Crippen LogP contribution in [-0.4, -0.2) is 53.9 Å². The summed E-state index contributed by atoms with van der Waals surface area (Å²) in [6.45, 7) is 1.29. The fraction of sp³-hybridized carbons (Fsp3) is 0.389. The lowest BCUT2D eigenvalue weighted by Gasteiger charge is -2.27. The first-order chi connectivity index (χ1) is 12.5. The largest absolute Gasteiger partial charge is 0.371 e. The number of nitrogens with zero attached hydrogens (tertiary/aromatic N) is 2. The summed E-state index contributed by atoms with van der Waals surface area (Å²) in [6.07, 6.45) is 1.93. The maximum absolute atomic E-state index is 12.8. The summed E-state index contributed by atoms with van der Waals surface area (Å²) >= 11 is 0. The number of carbonyl (C=O) groups excluding carboxylic acids is 5. The van der Waals surface area contributed by atoms with Crippen molar-refractivity contribution in [2.45, 2.75) is 25.3 Å². The van der Waals surface area contributed by atoms with Crippen LogP contribution < -0.4 is 10.2 Å². The number of benzene rings is 1. The van der Waals surface area contributed by atoms with E-state index in [9.17, 15) is 24.0 Å². The molecule has 1 aromatic rings. The molecule has 2 saturated heterocycles. The van der Waals surface area contributed by atoms with Gasteiger partial charge >= 0.3 is 0 Å². The summed E-state index contributed by atoms with van der Waals surface area (Å²) in [4.78, 5) is 62.7. The molecule has 8 heteroatoms. The van der Waals surface area contributed by atoms with E-state index in [1.807, 2.05) is 4.90 Å². The number of nitrogens with one attached hydrogen (secondary N) is 1. The number of rotatable bonds is 3. The Morgan fingerprint density at radius 2 is 1.85 bits per heavy atom. The fourth-order valence-electron chi connectivity index (χ4n) is 3.79. The van der Waals surface area contributed by atoms with Crippen LogP contribution in [0, 0.1) is 5.92 Å². The maximum atomic E-state index is 12.8. The molecule has 0 bridgehead atoms. The molecule has 0 aliphatic carbocycles. The summed E-state index contributed by atoms with van der Waals surface area (Å²) < 4.78 is 0. The molecule has 0 aromatic heterocycles. The minimum absolute atomic E-state index is 0. The third kappa shape index (κ3) is 2.49. The summed E-state index contributed by atoms with van der Waals surface area (Å²) in [5, 5.41) is 2.18. The van der Waals surface area contributed by atoms with Crippen molar-refractivity contribution in [2.75, 3.05) is 18.0 Å². The van der Waals surface area contributed by atoms with Crippen LogP contribution in [0.15, 0.2) is 18.2 Å². The zero-order valence-corrected chi connectivity index (χ0v) is 13.9. The first-order valence-electron chi connectivity index (χ1n) is 8.55. The number of hydrogen-bond donors (Lipinski definition) is 1. The van der Waals surface area contributed by atoms with E-state index in [1.165, 1.54) is 0 Å². The van der Waals surface area contributed by atoms with Gasteiger partial charge in [-0.15, -0.1) is 0 Å². The van der Waals surface area contributed by atoms with Crippen LogP contribution in [0.5, 0.6) is 0 Å². The molecule has 2 atom stereocenters. The van der Waals surface area contributed by atoms with Crippen molar-refractivity contribution < 1.29 is 25.4 Å². The molecule has 1 unspecified atom stereocenters. The SMILES string of the molecule is O=C[C@@H]1CCN(c2ccc3c(c2)C(=O)N(C2CCC(=O)NC2=O)C3=O)C1.[HH]. The standard InChI is InChI=1S/C18H17N3O5.H2/c22-9-10-5-6-20(8-10)11-1-2-12-13(7-11)18(26)21(17(12)25)14-3-4-15(23)19-16(14)24;/h1-2,7,9-10,14H,3-6,8H2,(H,19,23,24);1H/t10-,14?;/m1./s1. The third-order valence-corrected chi connectivity index (χ3v) is 5.21. The zero-order chi connectivity index (χ0) is 18.4. The van der Waals surface area contributed by atoms with Crippen molar-refractivity contribution in [1.82, 2.24) is 10.2 Å². The highest BCUT2D eigenvalue weighted by atomic mass is 16.2. The normalized spacial score (nSPS) is 25.5. The van der Waals surface area contributed by atoms with E-state index in [0.29, 0.717) is 13.1 Å². The second kappa shape index (κ2) is 6.05. The van der Waals surface area contributed by atoms with Gasteiger partial charge in [0.25, 0.3) is 11.8 Å². The number of fused-ring (bicyclic) bond motifs is 1. The number of carbonyl (C=O) groups is 5.